The minimum absolute atomic E-state index is 0.0265. The van der Waals surface area contributed by atoms with Gasteiger partial charge in [0.15, 0.2) is 0 Å². The van der Waals surface area contributed by atoms with Crippen molar-refractivity contribution < 1.29 is 24.0 Å². The van der Waals surface area contributed by atoms with E-state index in [0.29, 0.717) is 18.9 Å². The lowest BCUT2D eigenvalue weighted by molar-refractivity contribution is -0.384. The Kier molecular flexibility index (Phi) is 38.2. The maximum Gasteiger partial charge on any atom is 0.306 e. The van der Waals surface area contributed by atoms with Gasteiger partial charge in [0.1, 0.15) is 12.2 Å². The Labute approximate surface area is 349 Å². The van der Waals surface area contributed by atoms with Gasteiger partial charge in [-0.2, -0.15) is 0 Å². The highest BCUT2D eigenvalue weighted by Crippen LogP contribution is 2.20. The lowest BCUT2D eigenvalue weighted by Gasteiger charge is -2.20. The highest BCUT2D eigenvalue weighted by molar-refractivity contribution is 7.80. The molecule has 0 saturated heterocycles. The maximum absolute atomic E-state index is 12.8. The van der Waals surface area contributed by atoms with Crippen molar-refractivity contribution in [3.63, 3.8) is 0 Å². The van der Waals surface area contributed by atoms with Gasteiger partial charge in [-0.1, -0.05) is 137 Å². The molecule has 0 saturated carbocycles. The number of hydrogen-bond donors (Lipinski definition) is 2. The van der Waals surface area contributed by atoms with Crippen LogP contribution in [0.3, 0.4) is 0 Å². The number of ether oxygens (including phenoxy) is 2. The Bertz CT molecular complexity index is 976. The largest absolute Gasteiger partial charge is 0.462 e. The van der Waals surface area contributed by atoms with Gasteiger partial charge >= 0.3 is 11.9 Å². The average Bonchev–Trinajstić information content (AvgIpc) is 3.17. The van der Waals surface area contributed by atoms with Gasteiger partial charge in [0.25, 0.3) is 5.69 Å². The standard InChI is InChI=1S/C41H81NO4.C6H5NO2S/c1-6-11-15-19-23-31-38(32-24-20-16-12-7-2)45-40(43)35-27-29-37(42-10-5)30-28-36-41(44)46-39(33-25-21-17-13-8-3)34-26-22-18-14-9-4;8-7(9)5-1-3-6(10)4-2-5/h37-39,42H,6-36H2,1-5H3;1-4,10H. The van der Waals surface area contributed by atoms with Crippen LogP contribution < -0.4 is 5.32 Å². The van der Waals surface area contributed by atoms with Crippen molar-refractivity contribution >= 4 is 30.3 Å². The Balaban J connectivity index is 0.00000259. The van der Waals surface area contributed by atoms with Gasteiger partial charge in [0, 0.05) is 35.9 Å². The molecule has 56 heavy (non-hydrogen) atoms. The Morgan fingerprint density at radius 3 is 1.20 bits per heavy atom. The van der Waals surface area contributed by atoms with Crippen molar-refractivity contribution in [2.24, 2.45) is 0 Å². The summed E-state index contributed by atoms with van der Waals surface area (Å²) in [5.41, 5.74) is 0.0952. The summed E-state index contributed by atoms with van der Waals surface area (Å²) in [5.74, 6) is -0.0530. The maximum atomic E-state index is 12.8. The molecular weight excluding hydrogens is 721 g/mol. The first-order valence-corrected chi connectivity index (χ1v) is 23.7. The second-order valence-corrected chi connectivity index (χ2v) is 16.4. The zero-order valence-electron chi connectivity index (χ0n) is 36.8. The number of nitrogens with zero attached hydrogens (tertiary/aromatic N) is 1. The van der Waals surface area contributed by atoms with Crippen LogP contribution in [0.1, 0.15) is 227 Å². The molecule has 0 aliphatic heterocycles. The molecule has 0 spiro atoms. The lowest BCUT2D eigenvalue weighted by atomic mass is 10.0. The lowest BCUT2D eigenvalue weighted by Crippen LogP contribution is -2.29. The van der Waals surface area contributed by atoms with Crippen molar-refractivity contribution in [3.8, 4) is 0 Å². The molecule has 0 atom stereocenters. The fourth-order valence-corrected chi connectivity index (χ4v) is 7.26. The third-order valence-electron chi connectivity index (χ3n) is 10.5. The fraction of sp³-hybridized carbons (Fsp3) is 0.830. The summed E-state index contributed by atoms with van der Waals surface area (Å²) < 4.78 is 12.1. The van der Waals surface area contributed by atoms with Crippen LogP contribution in [0.2, 0.25) is 0 Å². The van der Waals surface area contributed by atoms with Crippen LogP contribution in [0.4, 0.5) is 5.69 Å². The first-order chi connectivity index (χ1) is 27.2. The quantitative estimate of drug-likeness (QED) is 0.0227. The monoisotopic (exact) mass is 807 g/mol. The van der Waals surface area contributed by atoms with E-state index < -0.39 is 4.92 Å². The van der Waals surface area contributed by atoms with Gasteiger partial charge in [0.2, 0.25) is 0 Å². The summed E-state index contributed by atoms with van der Waals surface area (Å²) in [6, 6.07) is 6.33. The van der Waals surface area contributed by atoms with Gasteiger partial charge in [-0.25, -0.2) is 0 Å². The number of nitrogens with one attached hydrogen (secondary N) is 1. The normalized spacial score (nSPS) is 11.2. The molecule has 1 rings (SSSR count). The minimum Gasteiger partial charge on any atom is -0.462 e. The van der Waals surface area contributed by atoms with Crippen LogP contribution >= 0.6 is 12.6 Å². The van der Waals surface area contributed by atoms with Gasteiger partial charge in [-0.15, -0.1) is 12.6 Å². The summed E-state index contributed by atoms with van der Waals surface area (Å²) in [4.78, 5) is 36.0. The van der Waals surface area contributed by atoms with Crippen LogP contribution in [0.5, 0.6) is 0 Å². The van der Waals surface area contributed by atoms with Crippen LogP contribution in [0, 0.1) is 10.1 Å². The number of rotatable bonds is 37. The van der Waals surface area contributed by atoms with E-state index in [0.717, 1.165) is 88.5 Å². The predicted molar refractivity (Wildman–Crippen MR) is 239 cm³/mol. The molecule has 0 fully saturated rings. The number of hydrogen-bond acceptors (Lipinski definition) is 8. The number of esters is 2. The molecule has 8 nitrogen and oxygen atoms in total. The first-order valence-electron chi connectivity index (χ1n) is 23.3. The molecule has 1 aromatic rings. The van der Waals surface area contributed by atoms with Gasteiger partial charge in [-0.3, -0.25) is 19.7 Å². The van der Waals surface area contributed by atoms with Crippen LogP contribution in [0.25, 0.3) is 0 Å². The van der Waals surface area contributed by atoms with Crippen LogP contribution in [0.15, 0.2) is 29.2 Å². The molecule has 0 bridgehead atoms. The molecule has 0 radical (unpaired) electrons. The Hall–Kier alpha value is -2.13. The molecule has 0 unspecified atom stereocenters. The smallest absolute Gasteiger partial charge is 0.306 e. The summed E-state index contributed by atoms with van der Waals surface area (Å²) >= 11 is 3.98. The Morgan fingerprint density at radius 2 is 0.893 bits per heavy atom. The summed E-state index contributed by atoms with van der Waals surface area (Å²) in [6.07, 6.45) is 33.8. The molecule has 326 valence electrons. The number of carbonyl (C=O) groups is 2. The molecule has 9 heteroatoms. The van der Waals surface area contributed by atoms with Gasteiger partial charge in [-0.05, 0) is 95.7 Å². The van der Waals surface area contributed by atoms with Crippen molar-refractivity contribution in [1.29, 1.82) is 0 Å². The third-order valence-corrected chi connectivity index (χ3v) is 10.8. The highest BCUT2D eigenvalue weighted by atomic mass is 32.1. The van der Waals surface area contributed by atoms with E-state index in [4.69, 9.17) is 9.47 Å². The highest BCUT2D eigenvalue weighted by Gasteiger charge is 2.18. The van der Waals surface area contributed by atoms with E-state index in [2.05, 4.69) is 52.6 Å². The number of benzene rings is 1. The number of non-ortho nitro benzene ring substituents is 1. The summed E-state index contributed by atoms with van der Waals surface area (Å²) in [7, 11) is 0. The number of nitro groups is 1. The van der Waals surface area contributed by atoms with E-state index in [1.807, 2.05) is 0 Å². The molecule has 0 aliphatic rings. The number of unbranched alkanes of at least 4 members (excludes halogenated alkanes) is 16. The predicted octanol–water partition coefficient (Wildman–Crippen LogP) is 14.5. The van der Waals surface area contributed by atoms with Gasteiger partial charge in [0.05, 0.1) is 4.92 Å². The minimum atomic E-state index is -0.437. The van der Waals surface area contributed by atoms with E-state index >= 15 is 0 Å². The molecule has 0 aromatic heterocycles. The van der Waals surface area contributed by atoms with E-state index in [1.54, 1.807) is 12.1 Å². The summed E-state index contributed by atoms with van der Waals surface area (Å²) in [6.45, 7) is 12.0. The molecule has 0 amide bonds. The average molecular weight is 807 g/mol. The zero-order chi connectivity index (χ0) is 41.5. The van der Waals surface area contributed by atoms with Crippen molar-refractivity contribution in [3.05, 3.63) is 34.4 Å². The summed E-state index contributed by atoms with van der Waals surface area (Å²) in [5, 5.41) is 13.7. The molecule has 0 aliphatic carbocycles. The molecular formula is C47H86N2O6S. The SMILES string of the molecule is CCCCCCCC(CCCCCCC)OC(=O)CCCC(CCCC(=O)OC(CCCCCCC)CCCCCCC)NCC.O=[N+]([O-])c1ccc(S)cc1. The first kappa shape index (κ1) is 53.9. The Morgan fingerprint density at radius 1 is 0.554 bits per heavy atom. The fourth-order valence-electron chi connectivity index (χ4n) is 7.11. The molecule has 1 N–H and O–H groups in total. The van der Waals surface area contributed by atoms with E-state index in [1.165, 1.54) is 115 Å². The van der Waals surface area contributed by atoms with Crippen LogP contribution in [-0.4, -0.2) is 41.7 Å². The van der Waals surface area contributed by atoms with E-state index in [-0.39, 0.29) is 29.8 Å². The second kappa shape index (κ2) is 39.7. The number of nitro benzene ring substituents is 1. The molecule has 1 aromatic carbocycles. The molecule has 0 heterocycles. The number of carbonyl (C=O) groups excluding carboxylic acids is 2. The zero-order valence-corrected chi connectivity index (χ0v) is 37.7. The number of thiol groups is 1. The van der Waals surface area contributed by atoms with Crippen LogP contribution in [-0.2, 0) is 19.1 Å². The van der Waals surface area contributed by atoms with Gasteiger partial charge < -0.3 is 14.8 Å². The second-order valence-electron chi connectivity index (χ2n) is 15.8. The van der Waals surface area contributed by atoms with Crippen molar-refractivity contribution in [2.45, 2.75) is 250 Å². The van der Waals surface area contributed by atoms with Crippen molar-refractivity contribution in [1.82, 2.24) is 5.32 Å². The third kappa shape index (κ3) is 34.0. The topological polar surface area (TPSA) is 108 Å². The van der Waals surface area contributed by atoms with E-state index in [9.17, 15) is 19.7 Å². The van der Waals surface area contributed by atoms with Crippen molar-refractivity contribution in [2.75, 3.05) is 6.54 Å².